The fourth-order valence-electron chi connectivity index (χ4n) is 1.72. The van der Waals surface area contributed by atoms with E-state index in [4.69, 9.17) is 0 Å². The van der Waals surface area contributed by atoms with Gasteiger partial charge in [0.15, 0.2) is 0 Å². The average molecular weight is 335 g/mol. The van der Waals surface area contributed by atoms with Gasteiger partial charge >= 0.3 is 0 Å². The molecule has 0 radical (unpaired) electrons. The normalized spacial score (nSPS) is 11.7. The molecular formula is C14H15BrN4O. The summed E-state index contributed by atoms with van der Waals surface area (Å²) in [5.41, 5.74) is 5.09. The highest BCUT2D eigenvalue weighted by Gasteiger charge is 2.09. The molecular weight excluding hydrogens is 320 g/mol. The summed E-state index contributed by atoms with van der Waals surface area (Å²) in [6.45, 7) is 4.14. The number of halogens is 1. The van der Waals surface area contributed by atoms with E-state index < -0.39 is 0 Å². The molecule has 0 amide bonds. The van der Waals surface area contributed by atoms with Crippen LogP contribution < -0.4 is 11.0 Å². The van der Waals surface area contributed by atoms with Gasteiger partial charge in [-0.25, -0.2) is 5.10 Å². The molecule has 0 bridgehead atoms. The Balaban J connectivity index is 2.32. The highest BCUT2D eigenvalue weighted by molar-refractivity contribution is 9.10. The third-order valence-corrected chi connectivity index (χ3v) is 3.50. The Hall–Kier alpha value is -1.95. The number of aromatic nitrogens is 2. The predicted octanol–water partition coefficient (Wildman–Crippen LogP) is 3.00. The van der Waals surface area contributed by atoms with Crippen molar-refractivity contribution in [1.82, 2.24) is 10.2 Å². The molecule has 0 aliphatic heterocycles. The fourth-order valence-corrected chi connectivity index (χ4v) is 2.00. The third kappa shape index (κ3) is 3.33. The molecule has 0 aliphatic rings. The van der Waals surface area contributed by atoms with Gasteiger partial charge in [0, 0.05) is 0 Å². The molecule has 1 aromatic carbocycles. The Labute approximate surface area is 125 Å². The monoisotopic (exact) mass is 334 g/mol. The molecule has 0 spiro atoms. The summed E-state index contributed by atoms with van der Waals surface area (Å²) in [6, 6.07) is 9.92. The molecule has 104 valence electrons. The van der Waals surface area contributed by atoms with Crippen LogP contribution in [0.4, 0.5) is 5.69 Å². The lowest BCUT2D eigenvalue weighted by Crippen LogP contribution is -2.14. The smallest absolute Gasteiger partial charge is 0.275 e. The molecule has 0 fully saturated rings. The second-order valence-electron chi connectivity index (χ2n) is 4.56. The second kappa shape index (κ2) is 6.47. The number of anilines is 1. The van der Waals surface area contributed by atoms with Crippen molar-refractivity contribution in [3.8, 4) is 0 Å². The Bertz CT molecular complexity index is 664. The summed E-state index contributed by atoms with van der Waals surface area (Å²) < 4.78 is 0.382. The molecule has 0 unspecified atom stereocenters. The van der Waals surface area contributed by atoms with Crippen molar-refractivity contribution in [2.75, 3.05) is 5.43 Å². The number of hydrogen-bond acceptors (Lipinski definition) is 4. The van der Waals surface area contributed by atoms with E-state index in [9.17, 15) is 4.79 Å². The number of hydrogen-bond donors (Lipinski definition) is 2. The molecule has 0 aliphatic carbocycles. The molecule has 5 nitrogen and oxygen atoms in total. The van der Waals surface area contributed by atoms with E-state index in [1.54, 1.807) is 0 Å². The molecule has 1 aromatic heterocycles. The van der Waals surface area contributed by atoms with E-state index in [0.717, 1.165) is 11.3 Å². The Morgan fingerprint density at radius 3 is 2.70 bits per heavy atom. The maximum Gasteiger partial charge on any atom is 0.280 e. The van der Waals surface area contributed by atoms with Gasteiger partial charge in [0.05, 0.1) is 17.6 Å². The molecule has 2 aromatic rings. The van der Waals surface area contributed by atoms with Crippen LogP contribution >= 0.6 is 15.9 Å². The SMILES string of the molecule is CC(C)/C(=N\Nc1cn[nH]c(=O)c1Br)c1ccccc1. The lowest BCUT2D eigenvalue weighted by atomic mass is 10.0. The highest BCUT2D eigenvalue weighted by Crippen LogP contribution is 2.16. The van der Waals surface area contributed by atoms with Crippen LogP contribution in [0.2, 0.25) is 0 Å². The van der Waals surface area contributed by atoms with E-state index in [2.05, 4.69) is 50.5 Å². The van der Waals surface area contributed by atoms with Crippen LogP contribution in [-0.2, 0) is 0 Å². The lowest BCUT2D eigenvalue weighted by Gasteiger charge is -2.11. The number of aromatic amines is 1. The van der Waals surface area contributed by atoms with Crippen molar-refractivity contribution < 1.29 is 0 Å². The predicted molar refractivity (Wildman–Crippen MR) is 84.0 cm³/mol. The largest absolute Gasteiger partial charge is 0.280 e. The topological polar surface area (TPSA) is 70.1 Å². The van der Waals surface area contributed by atoms with Gasteiger partial charge in [-0.2, -0.15) is 10.2 Å². The first kappa shape index (κ1) is 14.5. The van der Waals surface area contributed by atoms with Crippen LogP contribution in [0.1, 0.15) is 19.4 Å². The van der Waals surface area contributed by atoms with Gasteiger partial charge in [0.2, 0.25) is 0 Å². The van der Waals surface area contributed by atoms with Gasteiger partial charge in [0.25, 0.3) is 5.56 Å². The summed E-state index contributed by atoms with van der Waals surface area (Å²) in [5.74, 6) is 0.249. The highest BCUT2D eigenvalue weighted by atomic mass is 79.9. The molecule has 0 saturated carbocycles. The second-order valence-corrected chi connectivity index (χ2v) is 5.35. The average Bonchev–Trinajstić information content (AvgIpc) is 2.44. The summed E-state index contributed by atoms with van der Waals surface area (Å²) in [7, 11) is 0. The van der Waals surface area contributed by atoms with Gasteiger partial charge in [-0.1, -0.05) is 44.2 Å². The van der Waals surface area contributed by atoms with Crippen molar-refractivity contribution in [2.45, 2.75) is 13.8 Å². The van der Waals surface area contributed by atoms with Crippen LogP contribution in [0.25, 0.3) is 0 Å². The zero-order valence-corrected chi connectivity index (χ0v) is 12.8. The molecule has 2 rings (SSSR count). The Kier molecular flexibility index (Phi) is 4.68. The van der Waals surface area contributed by atoms with Gasteiger partial charge in [-0.3, -0.25) is 10.2 Å². The number of nitrogens with one attached hydrogen (secondary N) is 2. The molecule has 6 heteroatoms. The first-order chi connectivity index (χ1) is 9.59. The number of rotatable bonds is 4. The summed E-state index contributed by atoms with van der Waals surface area (Å²) >= 11 is 3.21. The minimum Gasteiger partial charge on any atom is -0.275 e. The summed E-state index contributed by atoms with van der Waals surface area (Å²) in [6.07, 6.45) is 1.51. The van der Waals surface area contributed by atoms with E-state index in [1.807, 2.05) is 30.3 Å². The lowest BCUT2D eigenvalue weighted by molar-refractivity contribution is 0.880. The number of hydrazone groups is 1. The van der Waals surface area contributed by atoms with Crippen LogP contribution in [0.3, 0.4) is 0 Å². The fraction of sp³-hybridized carbons (Fsp3) is 0.214. The van der Waals surface area contributed by atoms with Gasteiger partial charge in [-0.05, 0) is 27.4 Å². The van der Waals surface area contributed by atoms with Crippen molar-refractivity contribution in [2.24, 2.45) is 11.0 Å². The maximum absolute atomic E-state index is 11.4. The summed E-state index contributed by atoms with van der Waals surface area (Å²) in [4.78, 5) is 11.4. The first-order valence-corrected chi connectivity index (χ1v) is 7.01. The Morgan fingerprint density at radius 1 is 1.35 bits per heavy atom. The summed E-state index contributed by atoms with van der Waals surface area (Å²) in [5, 5.41) is 10.5. The van der Waals surface area contributed by atoms with E-state index in [1.165, 1.54) is 6.20 Å². The van der Waals surface area contributed by atoms with E-state index in [0.29, 0.717) is 10.2 Å². The van der Waals surface area contributed by atoms with E-state index >= 15 is 0 Å². The Morgan fingerprint density at radius 2 is 2.05 bits per heavy atom. The van der Waals surface area contributed by atoms with Crippen LogP contribution in [-0.4, -0.2) is 15.9 Å². The van der Waals surface area contributed by atoms with Crippen LogP contribution in [0.5, 0.6) is 0 Å². The minimum atomic E-state index is -0.295. The minimum absolute atomic E-state index is 0.249. The molecule has 1 heterocycles. The van der Waals surface area contributed by atoms with Gasteiger partial charge in [0.1, 0.15) is 4.47 Å². The number of nitrogens with zero attached hydrogens (tertiary/aromatic N) is 2. The maximum atomic E-state index is 11.4. The van der Waals surface area contributed by atoms with Crippen molar-refractivity contribution in [3.63, 3.8) is 0 Å². The first-order valence-electron chi connectivity index (χ1n) is 6.21. The zero-order valence-electron chi connectivity index (χ0n) is 11.2. The molecule has 0 atom stereocenters. The number of benzene rings is 1. The zero-order chi connectivity index (χ0) is 14.5. The van der Waals surface area contributed by atoms with E-state index in [-0.39, 0.29) is 11.5 Å². The van der Waals surface area contributed by atoms with Crippen LogP contribution in [0.15, 0.2) is 50.9 Å². The molecule has 0 saturated heterocycles. The quantitative estimate of drug-likeness (QED) is 0.667. The standard InChI is InChI=1S/C14H15BrN4O/c1-9(2)13(10-6-4-3-5-7-10)18-17-11-8-16-19-14(20)12(11)15/h3-9H,1-2H3,(H2,17,19,20)/b18-13+. The third-order valence-electron chi connectivity index (χ3n) is 2.71. The molecule has 2 N–H and O–H groups in total. The number of H-pyrrole nitrogens is 1. The van der Waals surface area contributed by atoms with Gasteiger partial charge < -0.3 is 0 Å². The van der Waals surface area contributed by atoms with Crippen LogP contribution in [0, 0.1) is 5.92 Å². The van der Waals surface area contributed by atoms with Gasteiger partial charge in [-0.15, -0.1) is 0 Å². The molecule has 20 heavy (non-hydrogen) atoms. The van der Waals surface area contributed by atoms with Crippen molar-refractivity contribution >= 4 is 27.3 Å². The van der Waals surface area contributed by atoms with Crippen molar-refractivity contribution in [1.29, 1.82) is 0 Å². The van der Waals surface area contributed by atoms with Crippen molar-refractivity contribution in [3.05, 3.63) is 56.9 Å².